The summed E-state index contributed by atoms with van der Waals surface area (Å²) >= 11 is 0. The van der Waals surface area contributed by atoms with Crippen molar-refractivity contribution in [3.05, 3.63) is 0 Å². The topological polar surface area (TPSA) is 0 Å². The van der Waals surface area contributed by atoms with Gasteiger partial charge in [-0.2, -0.15) is 0 Å². The molecule has 3 fully saturated rings. The van der Waals surface area contributed by atoms with Crippen molar-refractivity contribution in [2.24, 2.45) is 40.9 Å². The van der Waals surface area contributed by atoms with Crippen molar-refractivity contribution in [3.8, 4) is 0 Å². The van der Waals surface area contributed by atoms with Gasteiger partial charge in [0.15, 0.2) is 0 Å². The third-order valence-electron chi connectivity index (χ3n) is 7.72. The van der Waals surface area contributed by atoms with Gasteiger partial charge >= 0.3 is 0 Å². The molecular formula is C22H42. The van der Waals surface area contributed by atoms with Gasteiger partial charge in [0.25, 0.3) is 0 Å². The van der Waals surface area contributed by atoms with Gasteiger partial charge < -0.3 is 0 Å². The average molecular weight is 307 g/mol. The van der Waals surface area contributed by atoms with Crippen molar-refractivity contribution in [2.75, 3.05) is 0 Å². The highest BCUT2D eigenvalue weighted by Crippen LogP contribution is 2.60. The fourth-order valence-corrected chi connectivity index (χ4v) is 6.95. The number of rotatable bonds is 2. The molecule has 0 N–H and O–H groups in total. The molecule has 0 aromatic carbocycles. The SMILES string of the molecule is CC.CC1CCC[C@H]1[C@@H]1CC[C@H]2CCCC[C@]2(C)[C@H]1C(C)C. The van der Waals surface area contributed by atoms with E-state index in [2.05, 4.69) is 27.7 Å². The molecule has 0 nitrogen and oxygen atoms in total. The summed E-state index contributed by atoms with van der Waals surface area (Å²) in [7, 11) is 0. The molecule has 0 amide bonds. The molecule has 3 aliphatic carbocycles. The first kappa shape index (κ1) is 18.3. The summed E-state index contributed by atoms with van der Waals surface area (Å²) in [5, 5.41) is 0. The Kier molecular flexibility index (Phi) is 6.43. The van der Waals surface area contributed by atoms with Crippen LogP contribution in [0.25, 0.3) is 0 Å². The maximum absolute atomic E-state index is 2.69. The van der Waals surface area contributed by atoms with Gasteiger partial charge in [-0.1, -0.05) is 67.2 Å². The second-order valence-electron chi connectivity index (χ2n) is 9.03. The lowest BCUT2D eigenvalue weighted by molar-refractivity contribution is -0.0792. The van der Waals surface area contributed by atoms with E-state index in [4.69, 9.17) is 0 Å². The smallest absolute Gasteiger partial charge is 0.0264 e. The summed E-state index contributed by atoms with van der Waals surface area (Å²) in [6, 6.07) is 0. The van der Waals surface area contributed by atoms with Gasteiger partial charge in [0, 0.05) is 0 Å². The first-order valence-corrected chi connectivity index (χ1v) is 10.5. The Morgan fingerprint density at radius 3 is 2.14 bits per heavy atom. The maximum Gasteiger partial charge on any atom is -0.0264 e. The molecule has 0 saturated heterocycles. The van der Waals surface area contributed by atoms with Crippen LogP contribution in [-0.4, -0.2) is 0 Å². The largest absolute Gasteiger partial charge is 0.0683 e. The second kappa shape index (κ2) is 7.71. The van der Waals surface area contributed by atoms with Crippen molar-refractivity contribution in [1.29, 1.82) is 0 Å². The van der Waals surface area contributed by atoms with Crippen LogP contribution in [0.5, 0.6) is 0 Å². The minimum absolute atomic E-state index is 0.678. The van der Waals surface area contributed by atoms with Crippen molar-refractivity contribution in [1.82, 2.24) is 0 Å². The first-order valence-electron chi connectivity index (χ1n) is 10.5. The molecule has 6 atom stereocenters. The molecule has 0 spiro atoms. The zero-order chi connectivity index (χ0) is 16.3. The van der Waals surface area contributed by atoms with E-state index in [1.165, 1.54) is 44.9 Å². The number of fused-ring (bicyclic) bond motifs is 1. The summed E-state index contributed by atoms with van der Waals surface area (Å²) in [5.41, 5.74) is 0.678. The lowest BCUT2D eigenvalue weighted by Crippen LogP contribution is -2.49. The molecule has 0 aromatic rings. The molecule has 0 radical (unpaired) electrons. The van der Waals surface area contributed by atoms with Crippen LogP contribution >= 0.6 is 0 Å². The monoisotopic (exact) mass is 306 g/mol. The van der Waals surface area contributed by atoms with Crippen LogP contribution in [0, 0.1) is 40.9 Å². The van der Waals surface area contributed by atoms with Crippen LogP contribution in [0.3, 0.4) is 0 Å². The van der Waals surface area contributed by atoms with Crippen molar-refractivity contribution >= 4 is 0 Å². The van der Waals surface area contributed by atoms with Crippen LogP contribution in [0.1, 0.15) is 99.3 Å². The fourth-order valence-electron chi connectivity index (χ4n) is 6.95. The van der Waals surface area contributed by atoms with Crippen LogP contribution in [0.2, 0.25) is 0 Å². The Balaban J connectivity index is 0.000000847. The molecule has 22 heavy (non-hydrogen) atoms. The van der Waals surface area contributed by atoms with Crippen molar-refractivity contribution < 1.29 is 0 Å². The predicted molar refractivity (Wildman–Crippen MR) is 99.0 cm³/mol. The fraction of sp³-hybridized carbons (Fsp3) is 1.00. The number of hydrogen-bond acceptors (Lipinski definition) is 0. The summed E-state index contributed by atoms with van der Waals surface area (Å²) in [4.78, 5) is 0. The minimum Gasteiger partial charge on any atom is -0.0683 e. The highest BCUT2D eigenvalue weighted by Gasteiger charge is 2.52. The van der Waals surface area contributed by atoms with Gasteiger partial charge in [-0.15, -0.1) is 0 Å². The lowest BCUT2D eigenvalue weighted by atomic mass is 9.48. The Hall–Kier alpha value is 0. The molecule has 3 saturated carbocycles. The Morgan fingerprint density at radius 1 is 0.818 bits per heavy atom. The highest BCUT2D eigenvalue weighted by atomic mass is 14.6. The van der Waals surface area contributed by atoms with E-state index in [1.807, 2.05) is 13.8 Å². The second-order valence-corrected chi connectivity index (χ2v) is 9.03. The van der Waals surface area contributed by atoms with Gasteiger partial charge in [0.1, 0.15) is 0 Å². The van der Waals surface area contributed by atoms with E-state index >= 15 is 0 Å². The minimum atomic E-state index is 0.678. The molecule has 3 aliphatic rings. The van der Waals surface area contributed by atoms with E-state index in [9.17, 15) is 0 Å². The maximum atomic E-state index is 2.69. The van der Waals surface area contributed by atoms with Gasteiger partial charge in [0.05, 0.1) is 0 Å². The molecule has 1 unspecified atom stereocenters. The standard InChI is InChI=1S/C20H36.C2H6/c1-14(2)19-18(17-10-7-8-15(17)3)12-11-16-9-5-6-13-20(16,19)4;1-2/h14-19H,5-13H2,1-4H3;1-2H3/t15?,16-,17-,18+,19+,20+;/m1./s1. The zero-order valence-electron chi connectivity index (χ0n) is 16.3. The Labute approximate surface area is 140 Å². The summed E-state index contributed by atoms with van der Waals surface area (Å²) < 4.78 is 0. The summed E-state index contributed by atoms with van der Waals surface area (Å²) in [6.07, 6.45) is 13.7. The van der Waals surface area contributed by atoms with E-state index in [0.717, 1.165) is 35.5 Å². The van der Waals surface area contributed by atoms with Crippen LogP contribution in [0.15, 0.2) is 0 Å². The van der Waals surface area contributed by atoms with Crippen LogP contribution < -0.4 is 0 Å². The molecular weight excluding hydrogens is 264 g/mol. The third-order valence-corrected chi connectivity index (χ3v) is 7.72. The van der Waals surface area contributed by atoms with E-state index in [0.29, 0.717) is 5.41 Å². The van der Waals surface area contributed by atoms with Crippen LogP contribution in [-0.2, 0) is 0 Å². The van der Waals surface area contributed by atoms with Crippen molar-refractivity contribution in [3.63, 3.8) is 0 Å². The average Bonchev–Trinajstić information content (AvgIpc) is 2.93. The molecule has 0 heteroatoms. The molecule has 0 bridgehead atoms. The highest BCUT2D eigenvalue weighted by molar-refractivity contribution is 5.01. The van der Waals surface area contributed by atoms with Gasteiger partial charge in [-0.05, 0) is 73.0 Å². The third kappa shape index (κ3) is 3.27. The predicted octanol–water partition coefficient (Wildman–Crippen LogP) is 7.33. The normalized spacial score (nSPS) is 45.1. The van der Waals surface area contributed by atoms with E-state index < -0.39 is 0 Å². The number of hydrogen-bond donors (Lipinski definition) is 0. The molecule has 130 valence electrons. The quantitative estimate of drug-likeness (QED) is 0.501. The molecule has 3 rings (SSSR count). The summed E-state index contributed by atoms with van der Waals surface area (Å²) in [6.45, 7) is 14.3. The zero-order valence-corrected chi connectivity index (χ0v) is 16.3. The Morgan fingerprint density at radius 2 is 1.55 bits per heavy atom. The van der Waals surface area contributed by atoms with Crippen molar-refractivity contribution in [2.45, 2.75) is 99.3 Å². The Bertz CT molecular complexity index is 331. The van der Waals surface area contributed by atoms with Crippen LogP contribution in [0.4, 0.5) is 0 Å². The molecule has 0 aliphatic heterocycles. The molecule has 0 aromatic heterocycles. The van der Waals surface area contributed by atoms with E-state index in [1.54, 1.807) is 12.8 Å². The summed E-state index contributed by atoms with van der Waals surface area (Å²) in [5.74, 6) is 6.06. The van der Waals surface area contributed by atoms with Gasteiger partial charge in [-0.25, -0.2) is 0 Å². The lowest BCUT2D eigenvalue weighted by Gasteiger charge is -2.57. The van der Waals surface area contributed by atoms with Gasteiger partial charge in [0.2, 0.25) is 0 Å². The first-order chi connectivity index (χ1) is 10.5. The molecule has 0 heterocycles. The van der Waals surface area contributed by atoms with Gasteiger partial charge in [-0.3, -0.25) is 0 Å². The van der Waals surface area contributed by atoms with E-state index in [-0.39, 0.29) is 0 Å².